The molecule has 0 saturated heterocycles. The number of rotatable bonds is 7. The highest BCUT2D eigenvalue weighted by atomic mass is 16.5. The van der Waals surface area contributed by atoms with Crippen LogP contribution in [-0.4, -0.2) is 58.9 Å². The molecular weight excluding hydrogens is 422 g/mol. The minimum atomic E-state index is -0.835. The summed E-state index contributed by atoms with van der Waals surface area (Å²) in [4.78, 5) is 49.4. The molecule has 170 valence electrons. The second-order valence-electron chi connectivity index (χ2n) is 6.19. The Morgan fingerprint density at radius 1 is 0.906 bits per heavy atom. The number of carbonyl (C=O) groups is 4. The van der Waals surface area contributed by atoms with E-state index in [0.717, 1.165) is 4.90 Å². The van der Waals surface area contributed by atoms with Gasteiger partial charge in [0.1, 0.15) is 0 Å². The van der Waals surface area contributed by atoms with E-state index < -0.39 is 30.5 Å². The Hall–Kier alpha value is -4.28. The first-order chi connectivity index (χ1) is 15.3. The van der Waals surface area contributed by atoms with Crippen LogP contribution in [0, 0.1) is 0 Å². The van der Waals surface area contributed by atoms with Gasteiger partial charge in [0.15, 0.2) is 18.1 Å². The molecule has 0 aromatic heterocycles. The molecule has 0 bridgehead atoms. The van der Waals surface area contributed by atoms with Gasteiger partial charge in [-0.1, -0.05) is 12.1 Å². The second kappa shape index (κ2) is 11.2. The molecule has 0 spiro atoms. The van der Waals surface area contributed by atoms with Gasteiger partial charge in [-0.05, 0) is 30.3 Å². The summed E-state index contributed by atoms with van der Waals surface area (Å²) in [5.41, 5.74) is 4.86. The van der Waals surface area contributed by atoms with Gasteiger partial charge in [0.2, 0.25) is 0 Å². The summed E-state index contributed by atoms with van der Waals surface area (Å²) in [6.07, 6.45) is -0.680. The van der Waals surface area contributed by atoms with E-state index in [4.69, 9.17) is 14.2 Å². The minimum absolute atomic E-state index is 0.0579. The molecule has 0 radical (unpaired) electrons. The number of hydrogen-bond acceptors (Lipinski definition) is 8. The summed E-state index contributed by atoms with van der Waals surface area (Å²) in [6, 6.07) is 10.6. The van der Waals surface area contributed by atoms with Crippen molar-refractivity contribution in [1.29, 1.82) is 0 Å². The molecule has 11 nitrogen and oxygen atoms in total. The van der Waals surface area contributed by atoms with Crippen LogP contribution in [0.3, 0.4) is 0 Å². The van der Waals surface area contributed by atoms with Crippen LogP contribution in [0.1, 0.15) is 20.7 Å². The number of carbonyl (C=O) groups excluding carboxylic acids is 4. The molecule has 3 amide bonds. The summed E-state index contributed by atoms with van der Waals surface area (Å²) in [6.45, 7) is -0.665. The summed E-state index contributed by atoms with van der Waals surface area (Å²) in [7, 11) is 5.52. The maximum Gasteiger partial charge on any atom is 0.413 e. The van der Waals surface area contributed by atoms with E-state index in [1.165, 1.54) is 52.6 Å². The number of methoxy groups -OCH3 is 3. The van der Waals surface area contributed by atoms with Gasteiger partial charge in [-0.3, -0.25) is 25.3 Å². The lowest BCUT2D eigenvalue weighted by molar-refractivity contribution is -0.125. The van der Waals surface area contributed by atoms with Gasteiger partial charge in [-0.2, -0.15) is 0 Å². The Kier molecular flexibility index (Phi) is 8.40. The predicted octanol–water partition coefficient (Wildman–Crippen LogP) is 1.52. The average Bonchev–Trinajstić information content (AvgIpc) is 2.84. The smallest absolute Gasteiger partial charge is 0.413 e. The summed E-state index contributed by atoms with van der Waals surface area (Å²) >= 11 is 0. The zero-order chi connectivity index (χ0) is 23.7. The van der Waals surface area contributed by atoms with Crippen LogP contribution in [-0.2, 0) is 14.3 Å². The Morgan fingerprint density at radius 3 is 2.25 bits per heavy atom. The Morgan fingerprint density at radius 2 is 1.59 bits per heavy atom. The highest BCUT2D eigenvalue weighted by Crippen LogP contribution is 2.27. The van der Waals surface area contributed by atoms with Gasteiger partial charge < -0.3 is 18.9 Å². The Labute approximate surface area is 184 Å². The zero-order valence-corrected chi connectivity index (χ0v) is 18.0. The topological polar surface area (TPSA) is 132 Å². The van der Waals surface area contributed by atoms with Crippen molar-refractivity contribution >= 4 is 29.6 Å². The second-order valence-corrected chi connectivity index (χ2v) is 6.19. The molecule has 0 unspecified atom stereocenters. The van der Waals surface area contributed by atoms with Gasteiger partial charge in [-0.25, -0.2) is 9.59 Å². The standard InChI is InChI=1S/C21H23N3O8/c1-24(21(28)31-4)15-8-6-5-7-14(15)20(27)32-12-18(25)22-23-19(26)13-9-10-16(29-2)17(11-13)30-3/h5-11H,12H2,1-4H3,(H,22,25)(H,23,26). The zero-order valence-electron chi connectivity index (χ0n) is 18.0. The Balaban J connectivity index is 1.93. The molecule has 0 heterocycles. The maximum absolute atomic E-state index is 12.4. The molecule has 2 aromatic rings. The Bertz CT molecular complexity index is 1010. The van der Waals surface area contributed by atoms with Gasteiger partial charge in [-0.15, -0.1) is 0 Å². The van der Waals surface area contributed by atoms with Gasteiger partial charge in [0.25, 0.3) is 11.8 Å². The normalized spacial score (nSPS) is 9.88. The fourth-order valence-corrected chi connectivity index (χ4v) is 2.60. The largest absolute Gasteiger partial charge is 0.493 e. The molecular formula is C21H23N3O8. The number of esters is 1. The first-order valence-corrected chi connectivity index (χ1v) is 9.21. The van der Waals surface area contributed by atoms with E-state index in [1.54, 1.807) is 18.2 Å². The predicted molar refractivity (Wildman–Crippen MR) is 113 cm³/mol. The van der Waals surface area contributed by atoms with Crippen molar-refractivity contribution in [3.8, 4) is 11.5 Å². The molecule has 0 saturated carbocycles. The van der Waals surface area contributed by atoms with Crippen LogP contribution in [0.15, 0.2) is 42.5 Å². The molecule has 0 fully saturated rings. The number of hydrogen-bond donors (Lipinski definition) is 2. The molecule has 2 aromatic carbocycles. The maximum atomic E-state index is 12.4. The van der Waals surface area contributed by atoms with Crippen molar-refractivity contribution in [3.63, 3.8) is 0 Å². The highest BCUT2D eigenvalue weighted by Gasteiger charge is 2.20. The molecule has 2 rings (SSSR count). The van der Waals surface area contributed by atoms with E-state index in [0.29, 0.717) is 11.5 Å². The monoisotopic (exact) mass is 445 g/mol. The van der Waals surface area contributed by atoms with Crippen molar-refractivity contribution in [2.45, 2.75) is 0 Å². The van der Waals surface area contributed by atoms with Crippen LogP contribution in [0.5, 0.6) is 11.5 Å². The number of para-hydroxylation sites is 1. The molecule has 0 atom stereocenters. The first-order valence-electron chi connectivity index (χ1n) is 9.21. The first kappa shape index (κ1) is 24.0. The molecule has 0 aliphatic rings. The fourth-order valence-electron chi connectivity index (χ4n) is 2.60. The number of benzene rings is 2. The van der Waals surface area contributed by atoms with Gasteiger partial charge >= 0.3 is 12.1 Å². The summed E-state index contributed by atoms with van der Waals surface area (Å²) in [5.74, 6) is -1.44. The van der Waals surface area contributed by atoms with E-state index in [1.807, 2.05) is 0 Å². The summed E-state index contributed by atoms with van der Waals surface area (Å²) in [5, 5.41) is 0. The number of nitrogens with one attached hydrogen (secondary N) is 2. The van der Waals surface area contributed by atoms with E-state index in [2.05, 4.69) is 15.6 Å². The van der Waals surface area contributed by atoms with Crippen molar-refractivity contribution in [1.82, 2.24) is 10.9 Å². The number of amides is 3. The van der Waals surface area contributed by atoms with Crippen LogP contribution in [0.25, 0.3) is 0 Å². The van der Waals surface area contributed by atoms with E-state index in [-0.39, 0.29) is 16.8 Å². The van der Waals surface area contributed by atoms with Gasteiger partial charge in [0, 0.05) is 12.6 Å². The average molecular weight is 445 g/mol. The van der Waals surface area contributed by atoms with Crippen LogP contribution < -0.4 is 25.2 Å². The quantitative estimate of drug-likeness (QED) is 0.484. The molecule has 11 heteroatoms. The van der Waals surface area contributed by atoms with Gasteiger partial charge in [0.05, 0.1) is 32.6 Å². The SMILES string of the molecule is COC(=O)N(C)c1ccccc1C(=O)OCC(=O)NNC(=O)c1ccc(OC)c(OC)c1. The lowest BCUT2D eigenvalue weighted by atomic mass is 10.1. The third-order valence-electron chi connectivity index (χ3n) is 4.23. The molecule has 0 aliphatic carbocycles. The molecule has 0 aliphatic heterocycles. The minimum Gasteiger partial charge on any atom is -0.493 e. The van der Waals surface area contributed by atoms with Crippen molar-refractivity contribution in [3.05, 3.63) is 53.6 Å². The van der Waals surface area contributed by atoms with Crippen LogP contribution in [0.2, 0.25) is 0 Å². The molecule has 32 heavy (non-hydrogen) atoms. The van der Waals surface area contributed by atoms with Crippen LogP contribution >= 0.6 is 0 Å². The van der Waals surface area contributed by atoms with E-state index in [9.17, 15) is 19.2 Å². The number of anilines is 1. The highest BCUT2D eigenvalue weighted by molar-refractivity contribution is 6.01. The van der Waals surface area contributed by atoms with Crippen molar-refractivity contribution in [2.24, 2.45) is 0 Å². The lowest BCUT2D eigenvalue weighted by Gasteiger charge is -2.18. The number of ether oxygens (including phenoxy) is 4. The fraction of sp³-hybridized carbons (Fsp3) is 0.238. The molecule has 2 N–H and O–H groups in total. The van der Waals surface area contributed by atoms with E-state index >= 15 is 0 Å². The number of hydrazine groups is 1. The lowest BCUT2D eigenvalue weighted by Crippen LogP contribution is -2.43. The van der Waals surface area contributed by atoms with Crippen molar-refractivity contribution < 1.29 is 38.1 Å². The van der Waals surface area contributed by atoms with Crippen molar-refractivity contribution in [2.75, 3.05) is 39.9 Å². The third kappa shape index (κ3) is 5.88. The third-order valence-corrected chi connectivity index (χ3v) is 4.23. The number of nitrogens with zero attached hydrogens (tertiary/aromatic N) is 1. The van der Waals surface area contributed by atoms with Crippen LogP contribution in [0.4, 0.5) is 10.5 Å². The summed E-state index contributed by atoms with van der Waals surface area (Å²) < 4.78 is 19.8.